The number of carbonyl (C=O) groups is 4. The summed E-state index contributed by atoms with van der Waals surface area (Å²) in [5, 5.41) is 12.6. The first-order chi connectivity index (χ1) is 17.2. The first-order valence-corrected chi connectivity index (χ1v) is 13.3. The maximum Gasteiger partial charge on any atom is 0.409 e. The van der Waals surface area contributed by atoms with Crippen LogP contribution in [0.15, 0.2) is 18.3 Å². The van der Waals surface area contributed by atoms with E-state index < -0.39 is 11.5 Å². The van der Waals surface area contributed by atoms with E-state index in [1.807, 2.05) is 13.8 Å². The van der Waals surface area contributed by atoms with Crippen molar-refractivity contribution >= 4 is 50.4 Å². The number of carbonyl (C=O) groups excluding carboxylic acids is 3. The Balaban J connectivity index is 1.28. The van der Waals surface area contributed by atoms with Gasteiger partial charge in [0.25, 0.3) is 5.91 Å². The summed E-state index contributed by atoms with van der Waals surface area (Å²) >= 11 is 1.16. The zero-order chi connectivity index (χ0) is 25.6. The van der Waals surface area contributed by atoms with E-state index >= 15 is 0 Å². The summed E-state index contributed by atoms with van der Waals surface area (Å²) in [6, 6.07) is 3.64. The molecule has 2 aromatic heterocycles. The molecule has 192 valence electrons. The number of fused-ring (bicyclic) bond motifs is 1. The maximum absolute atomic E-state index is 13.5. The van der Waals surface area contributed by atoms with Crippen LogP contribution in [0.3, 0.4) is 0 Å². The summed E-state index contributed by atoms with van der Waals surface area (Å²) in [5.41, 5.74) is -0.267. The minimum absolute atomic E-state index is 0.0313. The highest BCUT2D eigenvalue weighted by Gasteiger charge is 2.54. The normalized spacial score (nSPS) is 23.9. The number of piperidine rings is 2. The molecule has 0 bridgehead atoms. The predicted octanol–water partition coefficient (Wildman–Crippen LogP) is 3.24. The first-order valence-electron chi connectivity index (χ1n) is 12.5. The van der Waals surface area contributed by atoms with Crippen molar-refractivity contribution < 1.29 is 24.3 Å². The summed E-state index contributed by atoms with van der Waals surface area (Å²) in [6.45, 7) is 6.33. The second-order valence-electron chi connectivity index (χ2n) is 10.3. The number of nitrogens with zero attached hydrogens (tertiary/aromatic N) is 4. The minimum atomic E-state index is -1.22. The van der Waals surface area contributed by atoms with Gasteiger partial charge < -0.3 is 10.0 Å². The number of carboxylic acid groups (broad SMARTS) is 1. The molecule has 0 saturated carbocycles. The molecule has 0 radical (unpaired) electrons. The van der Waals surface area contributed by atoms with Crippen LogP contribution in [-0.4, -0.2) is 86.9 Å². The molecule has 36 heavy (non-hydrogen) atoms. The lowest BCUT2D eigenvalue weighted by molar-refractivity contribution is -0.145. The van der Waals surface area contributed by atoms with Gasteiger partial charge in [0.05, 0.1) is 11.0 Å². The Morgan fingerprint density at radius 2 is 1.97 bits per heavy atom. The Morgan fingerprint density at radius 3 is 2.64 bits per heavy atom. The van der Waals surface area contributed by atoms with E-state index in [1.165, 1.54) is 4.90 Å². The van der Waals surface area contributed by atoms with Gasteiger partial charge in [0.15, 0.2) is 0 Å². The van der Waals surface area contributed by atoms with E-state index in [0.29, 0.717) is 40.4 Å². The SMILES string of the molecule is CC(C)N1C(=O)CC2(CCCN(C3CCN(C(=O)c4c(NC(=O)O)sc5ncccc45)CC3)C2)C1=O. The smallest absolute Gasteiger partial charge is 0.409 e. The molecule has 5 heterocycles. The number of hydrogen-bond donors (Lipinski definition) is 2. The Morgan fingerprint density at radius 1 is 1.22 bits per heavy atom. The van der Waals surface area contributed by atoms with Crippen molar-refractivity contribution in [2.75, 3.05) is 31.5 Å². The van der Waals surface area contributed by atoms with Gasteiger partial charge >= 0.3 is 6.09 Å². The van der Waals surface area contributed by atoms with Gasteiger partial charge in [0.2, 0.25) is 11.8 Å². The Bertz CT molecular complexity index is 1220. The first kappa shape index (κ1) is 24.6. The van der Waals surface area contributed by atoms with E-state index in [0.717, 1.165) is 43.6 Å². The molecule has 1 unspecified atom stereocenters. The average molecular weight is 514 g/mol. The van der Waals surface area contributed by atoms with Crippen molar-refractivity contribution in [1.82, 2.24) is 19.7 Å². The number of anilines is 1. The van der Waals surface area contributed by atoms with Crippen molar-refractivity contribution in [2.24, 2.45) is 5.41 Å². The summed E-state index contributed by atoms with van der Waals surface area (Å²) in [5.74, 6) is -0.299. The number of aromatic nitrogens is 1. The number of amides is 4. The zero-order valence-electron chi connectivity index (χ0n) is 20.5. The lowest BCUT2D eigenvalue weighted by Gasteiger charge is -2.45. The number of likely N-dealkylation sites (tertiary alicyclic amines) is 3. The maximum atomic E-state index is 13.5. The van der Waals surface area contributed by atoms with Crippen molar-refractivity contribution in [3.05, 3.63) is 23.9 Å². The third-order valence-corrected chi connectivity index (χ3v) is 8.75. The predicted molar refractivity (Wildman–Crippen MR) is 135 cm³/mol. The quantitative estimate of drug-likeness (QED) is 0.602. The van der Waals surface area contributed by atoms with E-state index in [4.69, 9.17) is 0 Å². The van der Waals surface area contributed by atoms with Crippen LogP contribution in [0.4, 0.5) is 9.80 Å². The fraction of sp³-hybridized carbons (Fsp3) is 0.560. The van der Waals surface area contributed by atoms with Gasteiger partial charge in [0.1, 0.15) is 9.83 Å². The molecule has 5 rings (SSSR count). The second-order valence-corrected chi connectivity index (χ2v) is 11.3. The fourth-order valence-electron chi connectivity index (χ4n) is 6.06. The van der Waals surface area contributed by atoms with Crippen LogP contribution in [0, 0.1) is 5.41 Å². The fourth-order valence-corrected chi connectivity index (χ4v) is 7.09. The van der Waals surface area contributed by atoms with Gasteiger partial charge in [-0.05, 0) is 58.2 Å². The van der Waals surface area contributed by atoms with E-state index in [9.17, 15) is 24.3 Å². The van der Waals surface area contributed by atoms with Gasteiger partial charge in [-0.1, -0.05) is 11.3 Å². The molecule has 0 aliphatic carbocycles. The Labute approximate surface area is 213 Å². The molecular formula is C25H31N5O5S. The van der Waals surface area contributed by atoms with Gasteiger partial charge in [-0.15, -0.1) is 0 Å². The molecule has 3 fully saturated rings. The van der Waals surface area contributed by atoms with Crippen LogP contribution >= 0.6 is 11.3 Å². The molecule has 1 atom stereocenters. The number of thiophene rings is 1. The molecule has 4 amide bonds. The largest absolute Gasteiger partial charge is 0.465 e. The molecule has 2 aromatic rings. The lowest BCUT2D eigenvalue weighted by atomic mass is 9.77. The number of rotatable bonds is 4. The zero-order valence-corrected chi connectivity index (χ0v) is 21.3. The highest BCUT2D eigenvalue weighted by Crippen LogP contribution is 2.43. The van der Waals surface area contributed by atoms with Crippen LogP contribution in [0.2, 0.25) is 0 Å². The Kier molecular flexibility index (Phi) is 6.46. The Hall–Kier alpha value is -3.05. The standard InChI is InChI=1S/C25H31N5O5S/c1-15(2)30-18(31)13-25(23(30)33)8-4-10-29(14-25)16-6-11-28(12-7-16)22(32)19-17-5-3-9-26-20(17)36-21(19)27-24(34)35/h3,5,9,15-16,27H,4,6-8,10-14H2,1-2H3,(H,34,35). The number of imide groups is 1. The minimum Gasteiger partial charge on any atom is -0.465 e. The molecule has 11 heteroatoms. The second kappa shape index (κ2) is 9.44. The molecular weight excluding hydrogens is 482 g/mol. The third-order valence-electron chi connectivity index (χ3n) is 7.72. The monoisotopic (exact) mass is 513 g/mol. The van der Waals surface area contributed by atoms with Crippen LogP contribution in [0.25, 0.3) is 10.2 Å². The van der Waals surface area contributed by atoms with Crippen LogP contribution < -0.4 is 5.32 Å². The van der Waals surface area contributed by atoms with Crippen LogP contribution in [-0.2, 0) is 9.59 Å². The van der Waals surface area contributed by atoms with Crippen LogP contribution in [0.1, 0.15) is 56.3 Å². The van der Waals surface area contributed by atoms with Gasteiger partial charge in [-0.2, -0.15) is 0 Å². The highest BCUT2D eigenvalue weighted by atomic mass is 32.1. The number of hydrogen-bond acceptors (Lipinski definition) is 7. The van der Waals surface area contributed by atoms with Crippen LogP contribution in [0.5, 0.6) is 0 Å². The van der Waals surface area contributed by atoms with E-state index in [1.54, 1.807) is 23.2 Å². The van der Waals surface area contributed by atoms with Crippen molar-refractivity contribution in [3.63, 3.8) is 0 Å². The van der Waals surface area contributed by atoms with Gasteiger partial charge in [-0.25, -0.2) is 9.78 Å². The topological polar surface area (TPSA) is 123 Å². The molecule has 0 aromatic carbocycles. The molecule has 10 nitrogen and oxygen atoms in total. The van der Waals surface area contributed by atoms with Gasteiger partial charge in [-0.3, -0.25) is 29.5 Å². The summed E-state index contributed by atoms with van der Waals surface area (Å²) in [4.78, 5) is 61.1. The molecule has 3 aliphatic heterocycles. The summed E-state index contributed by atoms with van der Waals surface area (Å²) in [6.07, 6.45) is 3.84. The number of nitrogens with one attached hydrogen (secondary N) is 1. The van der Waals surface area contributed by atoms with E-state index in [2.05, 4.69) is 15.2 Å². The highest BCUT2D eigenvalue weighted by molar-refractivity contribution is 7.23. The third kappa shape index (κ3) is 4.24. The molecule has 1 spiro atoms. The average Bonchev–Trinajstić information content (AvgIpc) is 3.31. The van der Waals surface area contributed by atoms with Crippen molar-refractivity contribution in [3.8, 4) is 0 Å². The van der Waals surface area contributed by atoms with Crippen molar-refractivity contribution in [1.29, 1.82) is 0 Å². The van der Waals surface area contributed by atoms with Crippen molar-refractivity contribution in [2.45, 2.75) is 58.0 Å². The van der Waals surface area contributed by atoms with Gasteiger partial charge in [0, 0.05) is 49.7 Å². The summed E-state index contributed by atoms with van der Waals surface area (Å²) in [7, 11) is 0. The molecule has 2 N–H and O–H groups in total. The number of pyridine rings is 1. The van der Waals surface area contributed by atoms with E-state index in [-0.39, 0.29) is 36.2 Å². The molecule has 3 saturated heterocycles. The summed E-state index contributed by atoms with van der Waals surface area (Å²) < 4.78 is 0. The lowest BCUT2D eigenvalue weighted by Crippen LogP contribution is -2.54. The molecule has 3 aliphatic rings.